The van der Waals surface area contributed by atoms with E-state index < -0.39 is 0 Å². The van der Waals surface area contributed by atoms with E-state index >= 15 is 0 Å². The van der Waals surface area contributed by atoms with Gasteiger partial charge in [0.25, 0.3) is 0 Å². The van der Waals surface area contributed by atoms with Crippen molar-refractivity contribution in [2.45, 2.75) is 0 Å². The lowest BCUT2D eigenvalue weighted by Gasteiger charge is -2.15. The predicted molar refractivity (Wildman–Crippen MR) is 127 cm³/mol. The number of fused-ring (bicyclic) bond motifs is 2. The van der Waals surface area contributed by atoms with Gasteiger partial charge in [-0.15, -0.1) is 0 Å². The number of hydrogen-bond donors (Lipinski definition) is 2. The number of pyridine rings is 1. The van der Waals surface area contributed by atoms with Crippen LogP contribution >= 0.6 is 34.8 Å². The molecule has 0 saturated carbocycles. The molecule has 0 aliphatic rings. The van der Waals surface area contributed by atoms with Crippen LogP contribution in [0.15, 0.2) is 59.6 Å². The SMILES string of the molecule is C=NCCNc1c2cc(Cl)ccc2nc2ccc(Nc3ccc(Cl)c(Cl)c3)cc12. The second kappa shape index (κ2) is 8.46. The summed E-state index contributed by atoms with van der Waals surface area (Å²) < 4.78 is 0. The summed E-state index contributed by atoms with van der Waals surface area (Å²) in [4.78, 5) is 8.71. The fraction of sp³-hybridized carbons (Fsp3) is 0.0909. The minimum atomic E-state index is 0.499. The summed E-state index contributed by atoms with van der Waals surface area (Å²) in [6.45, 7) is 4.82. The van der Waals surface area contributed by atoms with Gasteiger partial charge in [-0.05, 0) is 61.3 Å². The number of rotatable bonds is 6. The highest BCUT2D eigenvalue weighted by atomic mass is 35.5. The van der Waals surface area contributed by atoms with Gasteiger partial charge in [0.15, 0.2) is 0 Å². The van der Waals surface area contributed by atoms with Crippen LogP contribution in [0.4, 0.5) is 17.1 Å². The molecular formula is C22H17Cl3N4. The summed E-state index contributed by atoms with van der Waals surface area (Å²) >= 11 is 18.4. The first kappa shape index (κ1) is 19.8. The first-order valence-electron chi connectivity index (χ1n) is 8.96. The normalized spacial score (nSPS) is 11.0. The molecule has 0 bridgehead atoms. The maximum atomic E-state index is 6.25. The summed E-state index contributed by atoms with van der Waals surface area (Å²) in [5.74, 6) is 0. The van der Waals surface area contributed by atoms with Crippen molar-refractivity contribution in [3.63, 3.8) is 0 Å². The molecule has 0 aliphatic heterocycles. The summed E-state index contributed by atoms with van der Waals surface area (Å²) in [6, 6.07) is 17.1. The lowest BCUT2D eigenvalue weighted by molar-refractivity contribution is 1.04. The number of nitrogens with one attached hydrogen (secondary N) is 2. The van der Waals surface area contributed by atoms with Crippen LogP contribution < -0.4 is 10.6 Å². The van der Waals surface area contributed by atoms with Crippen LogP contribution in [0.2, 0.25) is 15.1 Å². The number of benzene rings is 3. The van der Waals surface area contributed by atoms with Crippen molar-refractivity contribution in [3.05, 3.63) is 69.7 Å². The van der Waals surface area contributed by atoms with Crippen LogP contribution in [0, 0.1) is 0 Å². The van der Waals surface area contributed by atoms with E-state index in [1.807, 2.05) is 36.4 Å². The Morgan fingerprint density at radius 3 is 2.28 bits per heavy atom. The highest BCUT2D eigenvalue weighted by molar-refractivity contribution is 6.42. The van der Waals surface area contributed by atoms with Gasteiger partial charge in [-0.2, -0.15) is 0 Å². The molecule has 0 saturated heterocycles. The maximum absolute atomic E-state index is 6.25. The largest absolute Gasteiger partial charge is 0.382 e. The quantitative estimate of drug-likeness (QED) is 0.188. The number of aliphatic imine (C=N–C) groups is 1. The molecule has 146 valence electrons. The molecule has 4 nitrogen and oxygen atoms in total. The monoisotopic (exact) mass is 442 g/mol. The van der Waals surface area contributed by atoms with E-state index in [1.54, 1.807) is 12.1 Å². The van der Waals surface area contributed by atoms with Crippen LogP contribution in [-0.4, -0.2) is 24.8 Å². The summed E-state index contributed by atoms with van der Waals surface area (Å²) in [5, 5.41) is 10.5. The Morgan fingerprint density at radius 1 is 0.828 bits per heavy atom. The molecule has 3 aromatic carbocycles. The highest BCUT2D eigenvalue weighted by Crippen LogP contribution is 2.35. The molecule has 0 amide bonds. The zero-order valence-electron chi connectivity index (χ0n) is 15.3. The van der Waals surface area contributed by atoms with Crippen LogP contribution in [-0.2, 0) is 0 Å². The van der Waals surface area contributed by atoms with E-state index in [0.717, 1.165) is 38.9 Å². The molecule has 0 atom stereocenters. The highest BCUT2D eigenvalue weighted by Gasteiger charge is 2.11. The molecule has 1 aromatic heterocycles. The van der Waals surface area contributed by atoms with E-state index in [0.29, 0.717) is 28.2 Å². The summed E-state index contributed by atoms with van der Waals surface area (Å²) in [7, 11) is 0. The average Bonchev–Trinajstić information content (AvgIpc) is 2.71. The van der Waals surface area contributed by atoms with Crippen molar-refractivity contribution >= 4 is 80.4 Å². The topological polar surface area (TPSA) is 49.3 Å². The Kier molecular flexibility index (Phi) is 5.76. The van der Waals surface area contributed by atoms with Gasteiger partial charge in [0.05, 0.1) is 33.3 Å². The molecule has 4 rings (SSSR count). The van der Waals surface area contributed by atoms with Crippen molar-refractivity contribution in [3.8, 4) is 0 Å². The molecule has 7 heteroatoms. The number of halogens is 3. The van der Waals surface area contributed by atoms with Crippen LogP contribution in [0.1, 0.15) is 0 Å². The zero-order valence-corrected chi connectivity index (χ0v) is 17.6. The standard InChI is InChI=1S/C22H17Cl3N4/c1-26-8-9-27-22-16-10-13(23)2-6-20(16)29-21-7-4-14(11-17(21)22)28-15-3-5-18(24)19(25)12-15/h2-7,10-12,28H,1,8-9H2,(H,27,29). The number of hydrogen-bond acceptors (Lipinski definition) is 4. The average molecular weight is 444 g/mol. The molecule has 0 fully saturated rings. The van der Waals surface area contributed by atoms with E-state index in [9.17, 15) is 0 Å². The van der Waals surface area contributed by atoms with Crippen molar-refractivity contribution in [2.75, 3.05) is 23.7 Å². The second-order valence-electron chi connectivity index (χ2n) is 6.51. The number of aromatic nitrogens is 1. The summed E-state index contributed by atoms with van der Waals surface area (Å²) in [5.41, 5.74) is 4.48. The van der Waals surface area contributed by atoms with E-state index in [1.165, 1.54) is 0 Å². The molecule has 2 N–H and O–H groups in total. The van der Waals surface area contributed by atoms with E-state index in [-0.39, 0.29) is 0 Å². The van der Waals surface area contributed by atoms with Gasteiger partial charge in [0.2, 0.25) is 0 Å². The van der Waals surface area contributed by atoms with Gasteiger partial charge in [-0.25, -0.2) is 4.98 Å². The Bertz CT molecular complexity index is 1220. The molecule has 0 spiro atoms. The van der Waals surface area contributed by atoms with Crippen LogP contribution in [0.5, 0.6) is 0 Å². The van der Waals surface area contributed by atoms with Gasteiger partial charge in [0.1, 0.15) is 0 Å². The third-order valence-electron chi connectivity index (χ3n) is 4.51. The van der Waals surface area contributed by atoms with E-state index in [2.05, 4.69) is 28.4 Å². The van der Waals surface area contributed by atoms with Gasteiger partial charge < -0.3 is 10.6 Å². The molecule has 29 heavy (non-hydrogen) atoms. The molecule has 0 radical (unpaired) electrons. The maximum Gasteiger partial charge on any atom is 0.0732 e. The third kappa shape index (κ3) is 4.25. The number of anilines is 3. The lowest BCUT2D eigenvalue weighted by Crippen LogP contribution is -2.06. The smallest absolute Gasteiger partial charge is 0.0732 e. The first-order valence-corrected chi connectivity index (χ1v) is 10.1. The minimum absolute atomic E-state index is 0.499. The fourth-order valence-corrected chi connectivity index (χ4v) is 3.65. The molecular weight excluding hydrogens is 427 g/mol. The van der Waals surface area contributed by atoms with Gasteiger partial charge >= 0.3 is 0 Å². The Morgan fingerprint density at radius 2 is 1.52 bits per heavy atom. The van der Waals surface area contributed by atoms with Gasteiger partial charge in [0, 0.05) is 33.7 Å². The molecule has 4 aromatic rings. The Hall–Kier alpha value is -2.53. The van der Waals surface area contributed by atoms with Crippen molar-refractivity contribution < 1.29 is 0 Å². The minimum Gasteiger partial charge on any atom is -0.382 e. The Balaban J connectivity index is 1.82. The van der Waals surface area contributed by atoms with Crippen LogP contribution in [0.3, 0.4) is 0 Å². The Labute approximate surface area is 183 Å². The fourth-order valence-electron chi connectivity index (χ4n) is 3.18. The molecule has 0 aliphatic carbocycles. The summed E-state index contributed by atoms with van der Waals surface area (Å²) in [6.07, 6.45) is 0. The third-order valence-corrected chi connectivity index (χ3v) is 5.49. The van der Waals surface area contributed by atoms with Gasteiger partial charge in [-0.3, -0.25) is 4.99 Å². The van der Waals surface area contributed by atoms with Crippen molar-refractivity contribution in [1.29, 1.82) is 0 Å². The van der Waals surface area contributed by atoms with Crippen molar-refractivity contribution in [2.24, 2.45) is 4.99 Å². The second-order valence-corrected chi connectivity index (χ2v) is 7.76. The molecule has 0 unspecified atom stereocenters. The van der Waals surface area contributed by atoms with E-state index in [4.69, 9.17) is 39.8 Å². The zero-order chi connectivity index (χ0) is 20.4. The predicted octanol–water partition coefficient (Wildman–Crippen LogP) is 7.20. The molecule has 1 heterocycles. The first-order chi connectivity index (χ1) is 14.0. The van der Waals surface area contributed by atoms with Gasteiger partial charge in [-0.1, -0.05) is 34.8 Å². The van der Waals surface area contributed by atoms with Crippen LogP contribution in [0.25, 0.3) is 21.8 Å². The van der Waals surface area contributed by atoms with Crippen molar-refractivity contribution in [1.82, 2.24) is 4.98 Å². The number of nitrogens with zero attached hydrogens (tertiary/aromatic N) is 2. The lowest BCUT2D eigenvalue weighted by atomic mass is 10.1.